The van der Waals surface area contributed by atoms with E-state index in [4.69, 9.17) is 4.74 Å². The number of nitrogens with zero attached hydrogens (tertiary/aromatic N) is 1. The summed E-state index contributed by atoms with van der Waals surface area (Å²) in [6.07, 6.45) is 1.47. The Morgan fingerprint density at radius 2 is 1.65 bits per heavy atom. The van der Waals surface area contributed by atoms with Crippen LogP contribution in [-0.4, -0.2) is 35.1 Å². The maximum absolute atomic E-state index is 13.4. The van der Waals surface area contributed by atoms with Gasteiger partial charge in [-0.15, -0.1) is 23.1 Å². The number of halogens is 1. The zero-order valence-corrected chi connectivity index (χ0v) is 26.5. The van der Waals surface area contributed by atoms with Gasteiger partial charge in [-0.1, -0.05) is 42.5 Å². The molecule has 46 heavy (non-hydrogen) atoms. The minimum Gasteiger partial charge on any atom is -0.497 e. The van der Waals surface area contributed by atoms with Gasteiger partial charge in [0.05, 0.1) is 18.1 Å². The van der Waals surface area contributed by atoms with Gasteiger partial charge in [0.15, 0.2) is 5.13 Å². The van der Waals surface area contributed by atoms with Gasteiger partial charge >= 0.3 is 0 Å². The number of amides is 3. The van der Waals surface area contributed by atoms with Crippen molar-refractivity contribution in [1.82, 2.24) is 10.3 Å². The van der Waals surface area contributed by atoms with Crippen molar-refractivity contribution in [3.63, 3.8) is 0 Å². The molecule has 0 radical (unpaired) electrons. The first kappa shape index (κ1) is 32.1. The first-order valence-corrected chi connectivity index (χ1v) is 15.9. The van der Waals surface area contributed by atoms with E-state index < -0.39 is 22.9 Å². The van der Waals surface area contributed by atoms with Crippen molar-refractivity contribution in [2.24, 2.45) is 0 Å². The zero-order valence-electron chi connectivity index (χ0n) is 24.8. The van der Waals surface area contributed by atoms with Gasteiger partial charge in [0.25, 0.3) is 11.8 Å². The second kappa shape index (κ2) is 15.2. The van der Waals surface area contributed by atoms with Gasteiger partial charge < -0.3 is 20.7 Å². The highest BCUT2D eigenvalue weighted by molar-refractivity contribution is 8.00. The molecule has 0 fully saturated rings. The smallest absolute Gasteiger partial charge is 0.272 e. The largest absolute Gasteiger partial charge is 0.497 e. The molecule has 1 aromatic heterocycles. The highest BCUT2D eigenvalue weighted by Crippen LogP contribution is 2.29. The number of rotatable bonds is 11. The second-order valence-corrected chi connectivity index (χ2v) is 12.2. The lowest BCUT2D eigenvalue weighted by Gasteiger charge is -2.13. The average molecular weight is 653 g/mol. The van der Waals surface area contributed by atoms with Crippen LogP contribution in [0.25, 0.3) is 17.3 Å². The third-order valence-corrected chi connectivity index (χ3v) is 8.47. The molecule has 0 saturated carbocycles. The first-order chi connectivity index (χ1) is 22.3. The van der Waals surface area contributed by atoms with Crippen LogP contribution in [0.2, 0.25) is 0 Å². The summed E-state index contributed by atoms with van der Waals surface area (Å²) in [5.41, 5.74) is 3.02. The molecule has 5 rings (SSSR count). The average Bonchev–Trinajstić information content (AvgIpc) is 3.55. The molecular formula is C35H29FN4O4S2. The lowest BCUT2D eigenvalue weighted by atomic mass is 10.1. The van der Waals surface area contributed by atoms with Crippen LogP contribution in [0.3, 0.4) is 0 Å². The van der Waals surface area contributed by atoms with Gasteiger partial charge in [-0.25, -0.2) is 9.37 Å². The number of carbonyl (C=O) groups is 3. The number of benzene rings is 4. The summed E-state index contributed by atoms with van der Waals surface area (Å²) in [4.78, 5) is 44.4. The summed E-state index contributed by atoms with van der Waals surface area (Å²) < 4.78 is 18.7. The molecule has 4 aromatic carbocycles. The van der Waals surface area contributed by atoms with E-state index in [2.05, 4.69) is 20.9 Å². The lowest BCUT2D eigenvalue weighted by molar-refractivity contribution is -0.115. The number of nitrogens with one attached hydrogen (secondary N) is 3. The number of carbonyl (C=O) groups excluding carboxylic acids is 3. The Hall–Kier alpha value is -5.26. The molecule has 11 heteroatoms. The van der Waals surface area contributed by atoms with Crippen molar-refractivity contribution in [2.45, 2.75) is 17.1 Å². The summed E-state index contributed by atoms with van der Waals surface area (Å²) in [5, 5.41) is 10.3. The van der Waals surface area contributed by atoms with E-state index in [0.29, 0.717) is 21.9 Å². The number of thioether (sulfide) groups is 1. The molecular weight excluding hydrogens is 624 g/mol. The molecule has 1 heterocycles. The topological polar surface area (TPSA) is 109 Å². The highest BCUT2D eigenvalue weighted by atomic mass is 32.2. The molecule has 0 aliphatic rings. The molecule has 1 atom stereocenters. The summed E-state index contributed by atoms with van der Waals surface area (Å²) in [6, 6.07) is 28.6. The number of thiazole rings is 1. The van der Waals surface area contributed by atoms with E-state index >= 15 is 0 Å². The van der Waals surface area contributed by atoms with Gasteiger partial charge in [-0.05, 0) is 79.2 Å². The summed E-state index contributed by atoms with van der Waals surface area (Å²) in [6.45, 7) is 1.80. The molecule has 0 spiro atoms. The van der Waals surface area contributed by atoms with E-state index in [9.17, 15) is 18.8 Å². The number of ether oxygens (including phenoxy) is 1. The van der Waals surface area contributed by atoms with Crippen LogP contribution in [0.1, 0.15) is 22.8 Å². The highest BCUT2D eigenvalue weighted by Gasteiger charge is 2.18. The van der Waals surface area contributed by atoms with Crippen molar-refractivity contribution >= 4 is 57.7 Å². The SMILES string of the molecule is COc1cccc(-c2csc(NC(=O)C(C)Sc3ccc(NC(=O)/C(=C/c4ccc(F)cc4)NC(=O)c4ccccc4)cc3)n2)c1. The van der Waals surface area contributed by atoms with Crippen LogP contribution in [0.5, 0.6) is 5.75 Å². The number of anilines is 2. The van der Waals surface area contributed by atoms with Crippen LogP contribution in [0.15, 0.2) is 119 Å². The summed E-state index contributed by atoms with van der Waals surface area (Å²) in [7, 11) is 1.61. The number of hydrogen-bond acceptors (Lipinski definition) is 7. The van der Waals surface area contributed by atoms with Crippen molar-refractivity contribution in [1.29, 1.82) is 0 Å². The summed E-state index contributed by atoms with van der Waals surface area (Å²) >= 11 is 2.70. The maximum atomic E-state index is 13.4. The summed E-state index contributed by atoms with van der Waals surface area (Å²) in [5.74, 6) is -0.902. The zero-order chi connectivity index (χ0) is 32.5. The fourth-order valence-electron chi connectivity index (χ4n) is 4.19. The minimum atomic E-state index is -0.557. The van der Waals surface area contributed by atoms with Gasteiger partial charge in [0.1, 0.15) is 17.3 Å². The Bertz CT molecular complexity index is 1860. The van der Waals surface area contributed by atoms with Crippen LogP contribution < -0.4 is 20.7 Å². The predicted octanol–water partition coefficient (Wildman–Crippen LogP) is 7.49. The Kier molecular flexibility index (Phi) is 10.6. The Morgan fingerprint density at radius 1 is 0.913 bits per heavy atom. The molecule has 0 bridgehead atoms. The van der Waals surface area contributed by atoms with Crippen molar-refractivity contribution < 1.29 is 23.5 Å². The van der Waals surface area contributed by atoms with Gasteiger partial charge in [0.2, 0.25) is 5.91 Å². The third kappa shape index (κ3) is 8.68. The second-order valence-electron chi connectivity index (χ2n) is 9.93. The molecule has 0 saturated heterocycles. The van der Waals surface area contributed by atoms with Gasteiger partial charge in [0, 0.05) is 27.1 Å². The monoisotopic (exact) mass is 652 g/mol. The van der Waals surface area contributed by atoms with E-state index in [1.165, 1.54) is 53.4 Å². The molecule has 232 valence electrons. The third-order valence-electron chi connectivity index (χ3n) is 6.60. The van der Waals surface area contributed by atoms with Crippen LogP contribution in [-0.2, 0) is 9.59 Å². The van der Waals surface area contributed by atoms with Crippen molar-refractivity contribution in [3.8, 4) is 17.0 Å². The lowest BCUT2D eigenvalue weighted by Crippen LogP contribution is -2.30. The minimum absolute atomic E-state index is 0.0130. The van der Waals surface area contributed by atoms with E-state index in [1.807, 2.05) is 29.6 Å². The molecule has 0 aliphatic carbocycles. The number of hydrogen-bond donors (Lipinski definition) is 3. The van der Waals surface area contributed by atoms with E-state index in [-0.39, 0.29) is 11.6 Å². The van der Waals surface area contributed by atoms with Crippen LogP contribution >= 0.6 is 23.1 Å². The van der Waals surface area contributed by atoms with Gasteiger partial charge in [-0.2, -0.15) is 0 Å². The quantitative estimate of drug-likeness (QED) is 0.101. The normalized spacial score (nSPS) is 11.8. The molecule has 1 unspecified atom stereocenters. The van der Waals surface area contributed by atoms with E-state index in [0.717, 1.165) is 21.9 Å². The van der Waals surface area contributed by atoms with E-state index in [1.54, 1.807) is 68.6 Å². The predicted molar refractivity (Wildman–Crippen MR) is 181 cm³/mol. The van der Waals surface area contributed by atoms with Crippen LogP contribution in [0.4, 0.5) is 15.2 Å². The fourth-order valence-corrected chi connectivity index (χ4v) is 5.78. The van der Waals surface area contributed by atoms with Crippen molar-refractivity contribution in [2.75, 3.05) is 17.7 Å². The molecule has 3 amide bonds. The Balaban J connectivity index is 1.20. The molecule has 0 aliphatic heterocycles. The maximum Gasteiger partial charge on any atom is 0.272 e. The standard InChI is InChI=1S/C35H29FN4O4S2/c1-22(32(41)40-35-39-31(21-45-35)25-9-6-10-28(20-25)44-2)46-29-17-15-27(16-18-29)37-34(43)30(19-23-11-13-26(36)14-12-23)38-33(42)24-7-4-3-5-8-24/h3-22H,1-2H3,(H,37,43)(H,38,42)(H,39,40,41)/b30-19-. The Morgan fingerprint density at radius 3 is 2.37 bits per heavy atom. The van der Waals surface area contributed by atoms with Crippen molar-refractivity contribution in [3.05, 3.63) is 131 Å². The molecule has 3 N–H and O–H groups in total. The molecule has 5 aromatic rings. The first-order valence-electron chi connectivity index (χ1n) is 14.1. The fraction of sp³-hybridized carbons (Fsp3) is 0.0857. The van der Waals surface area contributed by atoms with Gasteiger partial charge in [-0.3, -0.25) is 14.4 Å². The van der Waals surface area contributed by atoms with Crippen LogP contribution in [0, 0.1) is 5.82 Å². The number of aromatic nitrogens is 1. The number of methoxy groups -OCH3 is 1. The Labute approximate surface area is 273 Å². The molecule has 8 nitrogen and oxygen atoms in total.